The average molecular weight is 452 g/mol. The van der Waals surface area contributed by atoms with Gasteiger partial charge in [0.1, 0.15) is 0 Å². The molecule has 2 aromatic carbocycles. The highest BCUT2D eigenvalue weighted by molar-refractivity contribution is 6.42. The van der Waals surface area contributed by atoms with Gasteiger partial charge in [0.15, 0.2) is 11.6 Å². The molecule has 0 saturated heterocycles. The highest BCUT2D eigenvalue weighted by Gasteiger charge is 2.34. The second kappa shape index (κ2) is 8.28. The Bertz CT molecular complexity index is 1170. The number of aromatic hydroxyl groups is 1. The van der Waals surface area contributed by atoms with Crippen LogP contribution in [0.4, 0.5) is 4.39 Å². The molecule has 0 fully saturated rings. The number of phenols is 1. The smallest absolute Gasteiger partial charge is 0.311 e. The predicted octanol–water partition coefficient (Wildman–Crippen LogP) is 6.00. The quantitative estimate of drug-likeness (QED) is 0.498. The van der Waals surface area contributed by atoms with Crippen LogP contribution >= 0.6 is 23.2 Å². The Hall–Kier alpha value is -2.57. The molecule has 2 N–H and O–H groups in total. The number of carboxylic acids is 1. The van der Waals surface area contributed by atoms with Gasteiger partial charge in [0.05, 0.1) is 21.5 Å². The minimum absolute atomic E-state index is 0.0754. The van der Waals surface area contributed by atoms with Crippen LogP contribution in [-0.4, -0.2) is 26.7 Å². The molecule has 0 radical (unpaired) electrons. The third-order valence-corrected chi connectivity index (χ3v) is 6.23. The Morgan fingerprint density at radius 1 is 1.17 bits per heavy atom. The molecular weight excluding hydrogens is 432 g/mol. The van der Waals surface area contributed by atoms with Gasteiger partial charge in [0.2, 0.25) is 0 Å². The molecule has 1 aromatic heterocycles. The van der Waals surface area contributed by atoms with Crippen LogP contribution in [0.5, 0.6) is 5.75 Å². The first-order valence-electron chi connectivity index (χ1n) is 9.35. The predicted molar refractivity (Wildman–Crippen MR) is 114 cm³/mol. The van der Waals surface area contributed by atoms with E-state index in [1.165, 1.54) is 28.8 Å². The van der Waals surface area contributed by atoms with E-state index in [0.29, 0.717) is 12.1 Å². The highest BCUT2D eigenvalue weighted by Crippen LogP contribution is 2.40. The van der Waals surface area contributed by atoms with Crippen molar-refractivity contribution >= 4 is 46.0 Å². The molecule has 3 aromatic rings. The Morgan fingerprint density at radius 3 is 2.40 bits per heavy atom. The van der Waals surface area contributed by atoms with E-state index >= 15 is 4.39 Å². The first-order chi connectivity index (χ1) is 14.1. The van der Waals surface area contributed by atoms with Crippen molar-refractivity contribution in [1.29, 1.82) is 0 Å². The molecule has 0 aliphatic rings. The molecule has 30 heavy (non-hydrogen) atoms. The lowest BCUT2D eigenvalue weighted by molar-refractivity contribution is -0.140. The van der Waals surface area contributed by atoms with E-state index in [2.05, 4.69) is 0 Å². The molecule has 0 aliphatic heterocycles. The molecule has 0 spiro atoms. The van der Waals surface area contributed by atoms with Gasteiger partial charge < -0.3 is 10.2 Å². The van der Waals surface area contributed by atoms with Crippen LogP contribution in [0.15, 0.2) is 30.3 Å². The fourth-order valence-corrected chi connectivity index (χ4v) is 4.07. The summed E-state index contributed by atoms with van der Waals surface area (Å²) in [5.74, 6) is -4.60. The van der Waals surface area contributed by atoms with Crippen molar-refractivity contribution in [3.63, 3.8) is 0 Å². The van der Waals surface area contributed by atoms with Crippen LogP contribution in [0.3, 0.4) is 0 Å². The number of phenolic OH excluding ortho intramolecular Hbond substituents is 1. The molecule has 0 saturated carbocycles. The largest absolute Gasteiger partial charge is 0.505 e. The maximum atomic E-state index is 15.0. The molecule has 0 aliphatic carbocycles. The van der Waals surface area contributed by atoms with E-state index in [1.807, 2.05) is 6.92 Å². The molecule has 1 unspecified atom stereocenters. The van der Waals surface area contributed by atoms with Gasteiger partial charge in [-0.15, -0.1) is 0 Å². The summed E-state index contributed by atoms with van der Waals surface area (Å²) in [5, 5.41) is 20.2. The van der Waals surface area contributed by atoms with E-state index < -0.39 is 29.4 Å². The molecule has 0 bridgehead atoms. The number of carbonyl (C=O) groups is 2. The number of nitrogens with zero attached hydrogens (tertiary/aromatic N) is 1. The summed E-state index contributed by atoms with van der Waals surface area (Å²) in [7, 11) is 0. The first kappa shape index (κ1) is 22.1. The standard InChI is InChI=1S/C22H20Cl2FNO4/c1-4-10(2)17(22(29)30)18-11(3)26(15-7-8-16(27)20(25)19(15)18)21(28)12-5-6-13(23)14(24)9-12/h5-10,17,27H,4H2,1-3H3,(H,29,30)/t10?,17-/m1/s1. The maximum Gasteiger partial charge on any atom is 0.311 e. The normalized spacial score (nSPS) is 13.4. The zero-order valence-electron chi connectivity index (χ0n) is 16.5. The monoisotopic (exact) mass is 451 g/mol. The topological polar surface area (TPSA) is 79.5 Å². The number of rotatable bonds is 5. The number of halogens is 3. The van der Waals surface area contributed by atoms with E-state index in [4.69, 9.17) is 23.2 Å². The summed E-state index contributed by atoms with van der Waals surface area (Å²) in [6.45, 7) is 5.16. The molecular formula is C22H20Cl2FNO4. The van der Waals surface area contributed by atoms with Gasteiger partial charge in [-0.05, 0) is 48.7 Å². The lowest BCUT2D eigenvalue weighted by Crippen LogP contribution is -2.21. The number of hydrogen-bond acceptors (Lipinski definition) is 3. The van der Waals surface area contributed by atoms with E-state index in [1.54, 1.807) is 13.8 Å². The Balaban J connectivity index is 2.38. The molecule has 3 rings (SSSR count). The van der Waals surface area contributed by atoms with Crippen LogP contribution in [0, 0.1) is 18.7 Å². The molecule has 158 valence electrons. The fourth-order valence-electron chi connectivity index (χ4n) is 3.77. The van der Waals surface area contributed by atoms with Crippen molar-refractivity contribution < 1.29 is 24.2 Å². The SMILES string of the molecule is CCC(C)[C@@H](C(=O)O)c1c(C)n(C(=O)c2ccc(Cl)c(Cl)c2)c2ccc(O)c(F)c12. The van der Waals surface area contributed by atoms with Gasteiger partial charge in [-0.25, -0.2) is 4.39 Å². The fraction of sp³-hybridized carbons (Fsp3) is 0.273. The molecule has 8 heteroatoms. The maximum absolute atomic E-state index is 15.0. The van der Waals surface area contributed by atoms with Crippen LogP contribution in [0.25, 0.3) is 10.9 Å². The minimum atomic E-state index is -1.13. The third kappa shape index (κ3) is 3.55. The van der Waals surface area contributed by atoms with Gasteiger partial charge in [0, 0.05) is 16.6 Å². The van der Waals surface area contributed by atoms with Crippen LogP contribution < -0.4 is 0 Å². The van der Waals surface area contributed by atoms with Crippen LogP contribution in [0.2, 0.25) is 10.0 Å². The summed E-state index contributed by atoms with van der Waals surface area (Å²) in [5.41, 5.74) is 0.843. The summed E-state index contributed by atoms with van der Waals surface area (Å²) in [6.07, 6.45) is 0.532. The van der Waals surface area contributed by atoms with Gasteiger partial charge in [-0.3, -0.25) is 14.2 Å². The van der Waals surface area contributed by atoms with Gasteiger partial charge >= 0.3 is 5.97 Å². The minimum Gasteiger partial charge on any atom is -0.505 e. The van der Waals surface area contributed by atoms with Crippen molar-refractivity contribution in [3.05, 3.63) is 63.0 Å². The number of hydrogen-bond donors (Lipinski definition) is 2. The first-order valence-corrected chi connectivity index (χ1v) is 10.1. The lowest BCUT2D eigenvalue weighted by Gasteiger charge is -2.20. The lowest BCUT2D eigenvalue weighted by atomic mass is 9.84. The van der Waals surface area contributed by atoms with Gasteiger partial charge in [-0.1, -0.05) is 43.5 Å². The van der Waals surface area contributed by atoms with E-state index in [-0.39, 0.29) is 38.0 Å². The number of carboxylic acid groups (broad SMARTS) is 1. The Morgan fingerprint density at radius 2 is 1.83 bits per heavy atom. The van der Waals surface area contributed by atoms with Crippen LogP contribution in [-0.2, 0) is 4.79 Å². The zero-order chi connectivity index (χ0) is 22.3. The van der Waals surface area contributed by atoms with Gasteiger partial charge in [0.25, 0.3) is 5.91 Å². The third-order valence-electron chi connectivity index (χ3n) is 5.49. The van der Waals surface area contributed by atoms with Crippen molar-refractivity contribution in [2.45, 2.75) is 33.1 Å². The van der Waals surface area contributed by atoms with Gasteiger partial charge in [-0.2, -0.15) is 0 Å². The van der Waals surface area contributed by atoms with Crippen molar-refractivity contribution in [2.75, 3.05) is 0 Å². The summed E-state index contributed by atoms with van der Waals surface area (Å²) >= 11 is 12.0. The molecule has 2 atom stereocenters. The van der Waals surface area contributed by atoms with Crippen molar-refractivity contribution in [3.8, 4) is 5.75 Å². The number of aliphatic carboxylic acids is 1. The molecule has 0 amide bonds. The molecule has 1 heterocycles. The van der Waals surface area contributed by atoms with Crippen LogP contribution in [0.1, 0.15) is 47.8 Å². The average Bonchev–Trinajstić information content (AvgIpc) is 2.98. The summed E-state index contributed by atoms with van der Waals surface area (Å²) in [6, 6.07) is 6.90. The Labute approximate surface area is 182 Å². The number of benzene rings is 2. The Kier molecular flexibility index (Phi) is 6.11. The second-order valence-electron chi connectivity index (χ2n) is 7.26. The van der Waals surface area contributed by atoms with Crippen molar-refractivity contribution in [1.82, 2.24) is 4.57 Å². The number of carbonyl (C=O) groups excluding carboxylic acids is 1. The summed E-state index contributed by atoms with van der Waals surface area (Å²) in [4.78, 5) is 25.4. The number of aromatic nitrogens is 1. The molecule has 5 nitrogen and oxygen atoms in total. The highest BCUT2D eigenvalue weighted by atomic mass is 35.5. The zero-order valence-corrected chi connectivity index (χ0v) is 18.1. The second-order valence-corrected chi connectivity index (χ2v) is 8.08. The van der Waals surface area contributed by atoms with Crippen molar-refractivity contribution in [2.24, 2.45) is 5.92 Å². The van der Waals surface area contributed by atoms with E-state index in [0.717, 1.165) is 6.07 Å². The van der Waals surface area contributed by atoms with E-state index in [9.17, 15) is 19.8 Å². The summed E-state index contributed by atoms with van der Waals surface area (Å²) < 4.78 is 16.3. The number of fused-ring (bicyclic) bond motifs is 1.